The van der Waals surface area contributed by atoms with Gasteiger partial charge >= 0.3 is 41.5 Å². The number of ether oxygens (including phenoxy) is 1. The van der Waals surface area contributed by atoms with E-state index in [1.165, 1.54) is 44.9 Å². The molecular formula is C16H30NaO6S-. The fraction of sp³-hybridized carbons (Fsp3) is 0.875. The zero-order valence-corrected chi connectivity index (χ0v) is 17.9. The van der Waals surface area contributed by atoms with Crippen molar-refractivity contribution in [3.8, 4) is 0 Å². The Bertz CT molecular complexity index is 358. The van der Waals surface area contributed by atoms with Crippen molar-refractivity contribution >= 4 is 23.3 Å². The number of hydrogen-bond donors (Lipinski definition) is 0. The molecule has 0 radical (unpaired) electrons. The molecule has 24 heavy (non-hydrogen) atoms. The van der Waals surface area contributed by atoms with Gasteiger partial charge in [-0.25, -0.2) is 4.21 Å². The molecule has 0 aliphatic heterocycles. The summed E-state index contributed by atoms with van der Waals surface area (Å²) in [5.41, 5.74) is 0. The molecule has 0 bridgehead atoms. The minimum Gasteiger partial charge on any atom is -1.00 e. The second-order valence-electron chi connectivity index (χ2n) is 5.56. The molecule has 0 rings (SSSR count). The van der Waals surface area contributed by atoms with Crippen LogP contribution in [0.3, 0.4) is 0 Å². The fourth-order valence-electron chi connectivity index (χ4n) is 2.17. The van der Waals surface area contributed by atoms with Crippen LogP contribution in [-0.2, 0) is 29.9 Å². The van der Waals surface area contributed by atoms with E-state index in [4.69, 9.17) is 4.74 Å². The molecule has 8 heteroatoms. The van der Waals surface area contributed by atoms with Crippen molar-refractivity contribution in [1.29, 1.82) is 0 Å². The standard InChI is InChI=1S/C16H30O6S.Na.H/c1-2-3-4-5-6-7-8-9-10-11-14-21-15(17)12-13-16(18)22-23(19)20;;/h2-14H2,1H3,(H,19,20);;/q;+1;-1/p-1. The first kappa shape index (κ1) is 26.3. The van der Waals surface area contributed by atoms with E-state index in [1.54, 1.807) is 0 Å². The average Bonchev–Trinajstić information content (AvgIpc) is 2.50. The third-order valence-corrected chi connectivity index (χ3v) is 3.78. The van der Waals surface area contributed by atoms with Crippen molar-refractivity contribution in [1.82, 2.24) is 0 Å². The van der Waals surface area contributed by atoms with Crippen LogP contribution in [0.5, 0.6) is 0 Å². The number of carbonyl (C=O) groups excluding carboxylic acids is 2. The smallest absolute Gasteiger partial charge is 1.00 e. The third kappa shape index (κ3) is 20.1. The van der Waals surface area contributed by atoms with Gasteiger partial charge in [0.2, 0.25) is 0 Å². The topological polar surface area (TPSA) is 92.7 Å². The molecule has 1 atom stereocenters. The second-order valence-corrected chi connectivity index (χ2v) is 6.14. The minimum absolute atomic E-state index is 0. The number of unbranched alkanes of at least 4 members (excludes halogenated alkanes) is 9. The largest absolute Gasteiger partial charge is 1.00 e. The van der Waals surface area contributed by atoms with Crippen LogP contribution >= 0.6 is 0 Å². The third-order valence-electron chi connectivity index (χ3n) is 3.46. The maximum atomic E-state index is 11.3. The van der Waals surface area contributed by atoms with Crippen LogP contribution in [-0.4, -0.2) is 27.3 Å². The first-order chi connectivity index (χ1) is 11.1. The summed E-state index contributed by atoms with van der Waals surface area (Å²) < 4.78 is 29.0. The zero-order valence-electron chi connectivity index (χ0n) is 16.1. The van der Waals surface area contributed by atoms with Gasteiger partial charge in [-0.05, 0) is 6.42 Å². The summed E-state index contributed by atoms with van der Waals surface area (Å²) in [6.45, 7) is 2.56. The molecule has 6 nitrogen and oxygen atoms in total. The molecule has 0 aromatic carbocycles. The van der Waals surface area contributed by atoms with Crippen molar-refractivity contribution in [3.63, 3.8) is 0 Å². The van der Waals surface area contributed by atoms with E-state index in [2.05, 4.69) is 11.1 Å². The minimum atomic E-state index is -2.88. The summed E-state index contributed by atoms with van der Waals surface area (Å²) in [4.78, 5) is 22.2. The summed E-state index contributed by atoms with van der Waals surface area (Å²) in [6.07, 6.45) is 11.6. The van der Waals surface area contributed by atoms with Gasteiger partial charge in [-0.3, -0.25) is 9.59 Å². The molecule has 0 aromatic rings. The maximum Gasteiger partial charge on any atom is 1.00 e. The zero-order chi connectivity index (χ0) is 17.3. The van der Waals surface area contributed by atoms with E-state index < -0.39 is 23.3 Å². The van der Waals surface area contributed by atoms with Gasteiger partial charge in [-0.1, -0.05) is 64.7 Å². The van der Waals surface area contributed by atoms with Crippen molar-refractivity contribution in [2.24, 2.45) is 0 Å². The van der Waals surface area contributed by atoms with Crippen LogP contribution in [0.1, 0.15) is 85.4 Å². The quantitative estimate of drug-likeness (QED) is 0.181. The van der Waals surface area contributed by atoms with Gasteiger partial charge in [0, 0.05) is 0 Å². The molecular weight excluding hydrogens is 343 g/mol. The van der Waals surface area contributed by atoms with Gasteiger partial charge in [-0.15, -0.1) is 0 Å². The van der Waals surface area contributed by atoms with Crippen molar-refractivity contribution < 1.29 is 58.3 Å². The monoisotopic (exact) mass is 373 g/mol. The Hall–Kier alpha value is 0.0500. The first-order valence-corrected chi connectivity index (χ1v) is 9.52. The summed E-state index contributed by atoms with van der Waals surface area (Å²) in [5.74, 6) is -1.45. The molecule has 0 aliphatic rings. The molecule has 0 spiro atoms. The maximum absolute atomic E-state index is 11.3. The molecule has 0 amide bonds. The van der Waals surface area contributed by atoms with Crippen LogP contribution < -0.4 is 29.6 Å². The van der Waals surface area contributed by atoms with E-state index in [1.807, 2.05) is 0 Å². The Balaban J connectivity index is -0.00000242. The number of carbonyl (C=O) groups is 2. The van der Waals surface area contributed by atoms with Crippen molar-refractivity contribution in [3.05, 3.63) is 0 Å². The van der Waals surface area contributed by atoms with Crippen LogP contribution in [0.25, 0.3) is 0 Å². The molecule has 0 saturated carbocycles. The van der Waals surface area contributed by atoms with Gasteiger partial charge in [0.25, 0.3) is 0 Å². The molecule has 1 unspecified atom stereocenters. The molecule has 138 valence electrons. The molecule has 0 aromatic heterocycles. The number of rotatable bonds is 15. The Morgan fingerprint density at radius 1 is 0.875 bits per heavy atom. The van der Waals surface area contributed by atoms with E-state index in [0.29, 0.717) is 6.61 Å². The van der Waals surface area contributed by atoms with E-state index in [9.17, 15) is 18.4 Å². The summed E-state index contributed by atoms with van der Waals surface area (Å²) in [5, 5.41) is 0. The molecule has 0 aliphatic carbocycles. The fourth-order valence-corrected chi connectivity index (χ4v) is 2.40. The summed E-state index contributed by atoms with van der Waals surface area (Å²) in [6, 6.07) is 0. The number of hydrogen-bond acceptors (Lipinski definition) is 6. The van der Waals surface area contributed by atoms with Crippen LogP contribution in [0.2, 0.25) is 0 Å². The first-order valence-electron chi connectivity index (χ1n) is 8.52. The van der Waals surface area contributed by atoms with Gasteiger partial charge in [0.1, 0.15) is 11.4 Å². The normalized spacial score (nSPS) is 11.4. The van der Waals surface area contributed by atoms with Crippen molar-refractivity contribution in [2.75, 3.05) is 6.61 Å². The molecule has 0 saturated heterocycles. The van der Waals surface area contributed by atoms with E-state index >= 15 is 0 Å². The van der Waals surface area contributed by atoms with E-state index in [-0.39, 0.29) is 43.8 Å². The van der Waals surface area contributed by atoms with Crippen LogP contribution in [0.15, 0.2) is 0 Å². The van der Waals surface area contributed by atoms with Gasteiger partial charge in [-0.2, -0.15) is 0 Å². The van der Waals surface area contributed by atoms with E-state index in [0.717, 1.165) is 19.3 Å². The Labute approximate surface area is 171 Å². The SMILES string of the molecule is CCCCCCCCCCCCOC(=O)CCC(=O)OS(=O)[O-].[H-].[Na+]. The average molecular weight is 373 g/mol. The van der Waals surface area contributed by atoms with Crippen LogP contribution in [0.4, 0.5) is 0 Å². The van der Waals surface area contributed by atoms with Gasteiger partial charge in [0.05, 0.1) is 19.4 Å². The summed E-state index contributed by atoms with van der Waals surface area (Å²) >= 11 is -2.88. The summed E-state index contributed by atoms with van der Waals surface area (Å²) in [7, 11) is 0. The van der Waals surface area contributed by atoms with Gasteiger partial charge < -0.3 is 14.9 Å². The predicted octanol–water partition coefficient (Wildman–Crippen LogP) is 0.685. The Kier molecular flexibility index (Phi) is 21.2. The molecule has 0 N–H and O–H groups in total. The molecule has 0 heterocycles. The van der Waals surface area contributed by atoms with Gasteiger partial charge in [0.15, 0.2) is 0 Å². The molecule has 0 fully saturated rings. The second kappa shape index (κ2) is 19.4. The van der Waals surface area contributed by atoms with Crippen LogP contribution in [0, 0.1) is 0 Å². The Morgan fingerprint density at radius 2 is 1.33 bits per heavy atom. The predicted molar refractivity (Wildman–Crippen MR) is 88.2 cm³/mol. The Morgan fingerprint density at radius 3 is 1.83 bits per heavy atom. The number of esters is 1. The van der Waals surface area contributed by atoms with Crippen molar-refractivity contribution in [2.45, 2.75) is 84.0 Å².